The van der Waals surface area contributed by atoms with Crippen molar-refractivity contribution in [3.8, 4) is 11.5 Å². The molecule has 3 aromatic rings. The number of carbonyl (C=O) groups is 1. The van der Waals surface area contributed by atoms with Gasteiger partial charge in [0.25, 0.3) is 11.6 Å². The largest absolute Gasteiger partial charge is 0.454 e. The molecule has 148 valence electrons. The molecular formula is C18H14N4O5S2. The summed E-state index contributed by atoms with van der Waals surface area (Å²) in [6.45, 7) is 1.74. The lowest BCUT2D eigenvalue weighted by molar-refractivity contribution is -0.385. The van der Waals surface area contributed by atoms with Gasteiger partial charge in [-0.25, -0.2) is 10.4 Å². The van der Waals surface area contributed by atoms with Crippen LogP contribution in [0, 0.1) is 10.1 Å². The molecule has 2 heterocycles. The first-order valence-electron chi connectivity index (χ1n) is 8.44. The summed E-state index contributed by atoms with van der Waals surface area (Å²) in [7, 11) is 0. The van der Waals surface area contributed by atoms with E-state index in [0.717, 1.165) is 14.6 Å². The van der Waals surface area contributed by atoms with E-state index < -0.39 is 10.2 Å². The van der Waals surface area contributed by atoms with E-state index in [4.69, 9.17) is 9.47 Å². The number of fused-ring (bicyclic) bond motifs is 2. The molecule has 1 N–H and O–H groups in total. The molecular weight excluding hydrogens is 416 g/mol. The Kier molecular flexibility index (Phi) is 5.32. The number of nitro benzene ring substituents is 1. The second-order valence-corrected chi connectivity index (χ2v) is 8.58. The number of benzene rings is 2. The Morgan fingerprint density at radius 1 is 1.38 bits per heavy atom. The molecule has 4 rings (SSSR count). The summed E-state index contributed by atoms with van der Waals surface area (Å²) in [5.41, 5.74) is 3.31. The van der Waals surface area contributed by atoms with Gasteiger partial charge >= 0.3 is 0 Å². The number of nitro groups is 1. The molecule has 0 bridgehead atoms. The lowest BCUT2D eigenvalue weighted by atomic mass is 10.1. The molecule has 2 aromatic carbocycles. The van der Waals surface area contributed by atoms with Crippen molar-refractivity contribution in [1.29, 1.82) is 0 Å². The fourth-order valence-corrected chi connectivity index (χ4v) is 4.78. The van der Waals surface area contributed by atoms with Crippen molar-refractivity contribution in [2.24, 2.45) is 5.10 Å². The molecule has 1 aromatic heterocycles. The predicted octanol–water partition coefficient (Wildman–Crippen LogP) is 3.56. The van der Waals surface area contributed by atoms with Crippen molar-refractivity contribution in [2.75, 3.05) is 6.79 Å². The van der Waals surface area contributed by atoms with Gasteiger partial charge in [-0.15, -0.1) is 11.3 Å². The Labute approximate surface area is 172 Å². The van der Waals surface area contributed by atoms with Crippen LogP contribution in [0.1, 0.15) is 12.5 Å². The summed E-state index contributed by atoms with van der Waals surface area (Å²) in [5, 5.41) is 14.7. The molecule has 0 radical (unpaired) electrons. The zero-order valence-electron chi connectivity index (χ0n) is 15.0. The van der Waals surface area contributed by atoms with Crippen LogP contribution in [0.3, 0.4) is 0 Å². The highest BCUT2D eigenvalue weighted by atomic mass is 32.2. The first-order chi connectivity index (χ1) is 14.0. The topological polar surface area (TPSA) is 116 Å². The van der Waals surface area contributed by atoms with Gasteiger partial charge in [0.15, 0.2) is 15.8 Å². The summed E-state index contributed by atoms with van der Waals surface area (Å²) in [4.78, 5) is 27.5. The SMILES string of the molecule is CC(Sc1nc2ccccc2s1)C(=O)NN=Cc1cc2c(cc1[N+](=O)[O-])OCO2. The summed E-state index contributed by atoms with van der Waals surface area (Å²) in [6.07, 6.45) is 1.22. The van der Waals surface area contributed by atoms with Gasteiger partial charge in [0.05, 0.1) is 38.2 Å². The van der Waals surface area contributed by atoms with Crippen LogP contribution in [0.4, 0.5) is 5.69 Å². The van der Waals surface area contributed by atoms with E-state index in [0.29, 0.717) is 11.5 Å². The minimum atomic E-state index is -0.545. The predicted molar refractivity (Wildman–Crippen MR) is 110 cm³/mol. The maximum atomic E-state index is 12.3. The van der Waals surface area contributed by atoms with Gasteiger partial charge < -0.3 is 9.47 Å². The lowest BCUT2D eigenvalue weighted by Gasteiger charge is -2.06. The molecule has 0 aliphatic carbocycles. The van der Waals surface area contributed by atoms with Gasteiger partial charge in [-0.05, 0) is 25.1 Å². The molecule has 11 heteroatoms. The van der Waals surface area contributed by atoms with Crippen LogP contribution in [0.25, 0.3) is 10.2 Å². The number of para-hydroxylation sites is 1. The van der Waals surface area contributed by atoms with E-state index in [1.165, 1.54) is 41.4 Å². The molecule has 0 saturated carbocycles. The molecule has 29 heavy (non-hydrogen) atoms. The second-order valence-electron chi connectivity index (χ2n) is 5.96. The first-order valence-corrected chi connectivity index (χ1v) is 10.1. The van der Waals surface area contributed by atoms with Crippen LogP contribution in [0.15, 0.2) is 45.8 Å². The standard InChI is InChI=1S/C18H14N4O5S2/c1-10(28-18-20-12-4-2-3-5-16(12)29-18)17(23)21-19-8-11-6-14-15(27-9-26-14)7-13(11)22(24)25/h2-8,10H,9H2,1H3,(H,21,23). The Balaban J connectivity index is 1.42. The Hall–Kier alpha value is -3.18. The van der Waals surface area contributed by atoms with Gasteiger partial charge in [-0.1, -0.05) is 23.9 Å². The van der Waals surface area contributed by atoms with Crippen LogP contribution in [0.5, 0.6) is 11.5 Å². The Bertz CT molecular complexity index is 1100. The summed E-state index contributed by atoms with van der Waals surface area (Å²) in [6, 6.07) is 10.5. The smallest absolute Gasteiger partial charge is 0.282 e. The van der Waals surface area contributed by atoms with Crippen LogP contribution < -0.4 is 14.9 Å². The maximum absolute atomic E-state index is 12.3. The number of hydrogen-bond donors (Lipinski definition) is 1. The normalized spacial score (nSPS) is 13.7. The number of hydrogen-bond acceptors (Lipinski definition) is 9. The van der Waals surface area contributed by atoms with E-state index >= 15 is 0 Å². The van der Waals surface area contributed by atoms with Crippen molar-refractivity contribution in [1.82, 2.24) is 10.4 Å². The lowest BCUT2D eigenvalue weighted by Crippen LogP contribution is -2.26. The minimum absolute atomic E-state index is 0.00429. The average Bonchev–Trinajstić information content (AvgIpc) is 3.32. The third kappa shape index (κ3) is 4.15. The fourth-order valence-electron chi connectivity index (χ4n) is 2.57. The van der Waals surface area contributed by atoms with Gasteiger partial charge in [0.2, 0.25) is 6.79 Å². The first kappa shape index (κ1) is 19.2. The highest BCUT2D eigenvalue weighted by Gasteiger charge is 2.23. The number of aromatic nitrogens is 1. The maximum Gasteiger partial charge on any atom is 0.282 e. The van der Waals surface area contributed by atoms with Crippen molar-refractivity contribution in [3.63, 3.8) is 0 Å². The Morgan fingerprint density at radius 3 is 2.90 bits per heavy atom. The Morgan fingerprint density at radius 2 is 2.14 bits per heavy atom. The van der Waals surface area contributed by atoms with E-state index in [1.807, 2.05) is 24.3 Å². The summed E-state index contributed by atoms with van der Waals surface area (Å²) >= 11 is 2.84. The number of nitrogens with zero attached hydrogens (tertiary/aromatic N) is 3. The zero-order valence-corrected chi connectivity index (χ0v) is 16.7. The number of amides is 1. The third-order valence-electron chi connectivity index (χ3n) is 4.02. The molecule has 0 spiro atoms. The van der Waals surface area contributed by atoms with Crippen molar-refractivity contribution < 1.29 is 19.2 Å². The number of ether oxygens (including phenoxy) is 2. The van der Waals surface area contributed by atoms with Crippen molar-refractivity contribution in [3.05, 3.63) is 52.1 Å². The number of thiazole rings is 1. The van der Waals surface area contributed by atoms with Crippen LogP contribution in [-0.2, 0) is 4.79 Å². The number of carbonyl (C=O) groups excluding carboxylic acids is 1. The number of thioether (sulfide) groups is 1. The van der Waals surface area contributed by atoms with Gasteiger partial charge in [-0.2, -0.15) is 5.10 Å². The monoisotopic (exact) mass is 430 g/mol. The van der Waals surface area contributed by atoms with Crippen LogP contribution >= 0.6 is 23.1 Å². The number of nitrogens with one attached hydrogen (secondary N) is 1. The van der Waals surface area contributed by atoms with Gasteiger partial charge in [0, 0.05) is 0 Å². The van der Waals surface area contributed by atoms with Crippen molar-refractivity contribution >= 4 is 51.1 Å². The molecule has 0 fully saturated rings. The molecule has 1 aliphatic rings. The quantitative estimate of drug-likeness (QED) is 0.275. The van der Waals surface area contributed by atoms with E-state index in [9.17, 15) is 14.9 Å². The minimum Gasteiger partial charge on any atom is -0.454 e. The molecule has 9 nitrogen and oxygen atoms in total. The summed E-state index contributed by atoms with van der Waals surface area (Å²) < 4.78 is 12.2. The fraction of sp³-hybridized carbons (Fsp3) is 0.167. The van der Waals surface area contributed by atoms with E-state index in [1.54, 1.807) is 6.92 Å². The average molecular weight is 430 g/mol. The highest BCUT2D eigenvalue weighted by Crippen LogP contribution is 2.37. The molecule has 1 unspecified atom stereocenters. The molecule has 1 aliphatic heterocycles. The molecule has 0 saturated heterocycles. The van der Waals surface area contributed by atoms with E-state index in [2.05, 4.69) is 15.5 Å². The highest BCUT2D eigenvalue weighted by molar-refractivity contribution is 8.02. The van der Waals surface area contributed by atoms with Gasteiger partial charge in [-0.3, -0.25) is 14.9 Å². The second kappa shape index (κ2) is 8.05. The number of hydrazone groups is 1. The zero-order chi connectivity index (χ0) is 20.4. The molecule has 1 amide bonds. The summed E-state index contributed by atoms with van der Waals surface area (Å²) in [5.74, 6) is 0.357. The van der Waals surface area contributed by atoms with Crippen LogP contribution in [0.2, 0.25) is 0 Å². The molecule has 1 atom stereocenters. The van der Waals surface area contributed by atoms with E-state index in [-0.39, 0.29) is 24.0 Å². The number of rotatable bonds is 6. The van der Waals surface area contributed by atoms with Crippen LogP contribution in [-0.4, -0.2) is 34.1 Å². The third-order valence-corrected chi connectivity index (χ3v) is 6.25. The van der Waals surface area contributed by atoms with Crippen molar-refractivity contribution in [2.45, 2.75) is 16.5 Å². The van der Waals surface area contributed by atoms with Gasteiger partial charge in [0.1, 0.15) is 0 Å².